The fourth-order valence-corrected chi connectivity index (χ4v) is 13.4. The van der Waals surface area contributed by atoms with Crippen molar-refractivity contribution in [2.45, 2.75) is 10.8 Å². The minimum absolute atomic E-state index is 0.651. The summed E-state index contributed by atoms with van der Waals surface area (Å²) < 4.78 is 4.99. The van der Waals surface area contributed by atoms with E-state index in [1.165, 1.54) is 82.4 Å². The van der Waals surface area contributed by atoms with Crippen molar-refractivity contribution in [3.05, 3.63) is 258 Å². The zero-order valence-electron chi connectivity index (χ0n) is 36.6. The summed E-state index contributed by atoms with van der Waals surface area (Å²) in [6.45, 7) is 0. The maximum absolute atomic E-state index is 5.33. The molecule has 3 aliphatic rings. The second kappa shape index (κ2) is 12.9. The van der Waals surface area contributed by atoms with Gasteiger partial charge in [0.2, 0.25) is 0 Å². The summed E-state index contributed by atoms with van der Waals surface area (Å²) in [5, 5.41) is 7.66. The predicted octanol–water partition coefficient (Wildman–Crippen LogP) is 14.5. The van der Waals surface area contributed by atoms with Gasteiger partial charge in [-0.15, -0.1) is 0 Å². The average Bonchev–Trinajstić information content (AvgIpc) is 4.04. The Balaban J connectivity index is 1.10. The third kappa shape index (κ3) is 4.18. The molecule has 13 aromatic rings. The SMILES string of the molecule is c1ccc(-c2nc(-c3ccccc3)nc(-c3ccc4c5c(cccc35)C35c6cccc7c6c6c(cccc6n7-c6ccccc6)C43c3cccc4c3c3c5cccc3n4-c3ccccc3)n2)cc1. The van der Waals surface area contributed by atoms with E-state index in [1.54, 1.807) is 0 Å². The van der Waals surface area contributed by atoms with Gasteiger partial charge in [0.15, 0.2) is 17.5 Å². The van der Waals surface area contributed by atoms with E-state index in [-0.39, 0.29) is 0 Å². The van der Waals surface area contributed by atoms with Crippen molar-refractivity contribution in [2.75, 3.05) is 0 Å². The van der Waals surface area contributed by atoms with E-state index in [0.29, 0.717) is 17.5 Å². The lowest BCUT2D eigenvalue weighted by Crippen LogP contribution is -2.52. The summed E-state index contributed by atoms with van der Waals surface area (Å²) >= 11 is 0. The third-order valence-electron chi connectivity index (χ3n) is 15.6. The number of hydrogen-bond acceptors (Lipinski definition) is 3. The first-order valence-corrected chi connectivity index (χ1v) is 23.5. The fourth-order valence-electron chi connectivity index (χ4n) is 13.4. The van der Waals surface area contributed by atoms with Crippen LogP contribution in [0.15, 0.2) is 224 Å². The molecule has 0 radical (unpaired) electrons. The van der Waals surface area contributed by atoms with Crippen LogP contribution in [0.2, 0.25) is 0 Å². The molecule has 0 spiro atoms. The number of rotatable bonds is 5. The van der Waals surface area contributed by atoms with Crippen LogP contribution in [0, 0.1) is 0 Å². The molecule has 0 fully saturated rings. The Morgan fingerprint density at radius 3 is 1.01 bits per heavy atom. The number of nitrogens with zero attached hydrogens (tertiary/aromatic N) is 5. The molecule has 0 atom stereocenters. The first-order chi connectivity index (χ1) is 33.8. The molecular weight excluding hydrogens is 827 g/mol. The first-order valence-electron chi connectivity index (χ1n) is 23.5. The Morgan fingerprint density at radius 2 is 0.603 bits per heavy atom. The summed E-state index contributed by atoms with van der Waals surface area (Å²) in [4.78, 5) is 15.8. The van der Waals surface area contributed by atoms with Crippen LogP contribution in [0.4, 0.5) is 0 Å². The summed E-state index contributed by atoms with van der Waals surface area (Å²) in [5.41, 5.74) is 16.7. The van der Waals surface area contributed by atoms with Gasteiger partial charge in [0.25, 0.3) is 0 Å². The van der Waals surface area contributed by atoms with Crippen molar-refractivity contribution in [3.8, 4) is 45.5 Å². The standard InChI is InChI=1S/C63H37N5/c1-5-18-38(19-6-1)59-64-60(39-20-7-2-8-21-39)66-61(65-59)43-36-37-49-54-42(43)26-13-27-44(54)62-45-28-14-32-50-55(45)57-47(30-16-34-52(57)67(50)40-22-9-3-10-23-40)63(49,62)48-31-17-35-53-58(48)56-46(62)29-15-33-51(56)68(53)41-24-11-4-12-25-41/h1-37H. The van der Waals surface area contributed by atoms with Crippen LogP contribution < -0.4 is 0 Å². The van der Waals surface area contributed by atoms with Crippen molar-refractivity contribution in [1.29, 1.82) is 0 Å². The van der Waals surface area contributed by atoms with E-state index in [2.05, 4.69) is 197 Å². The third-order valence-corrected chi connectivity index (χ3v) is 15.6. The van der Waals surface area contributed by atoms with Crippen LogP contribution in [0.1, 0.15) is 33.4 Å². The molecule has 68 heavy (non-hydrogen) atoms. The van der Waals surface area contributed by atoms with E-state index in [1.807, 2.05) is 36.4 Å². The molecule has 5 nitrogen and oxygen atoms in total. The lowest BCUT2D eigenvalue weighted by atomic mass is 9.45. The van der Waals surface area contributed by atoms with Crippen molar-refractivity contribution < 1.29 is 0 Å². The van der Waals surface area contributed by atoms with Gasteiger partial charge in [0, 0.05) is 49.6 Å². The second-order valence-corrected chi connectivity index (χ2v) is 18.6. The number of benzene rings is 10. The first kappa shape index (κ1) is 36.3. The molecule has 3 aromatic heterocycles. The Morgan fingerprint density at radius 1 is 0.265 bits per heavy atom. The van der Waals surface area contributed by atoms with Crippen molar-refractivity contribution >= 4 is 54.4 Å². The molecule has 0 unspecified atom stereocenters. The largest absolute Gasteiger partial charge is 0.309 e. The van der Waals surface area contributed by atoms with Gasteiger partial charge in [-0.1, -0.05) is 176 Å². The van der Waals surface area contributed by atoms with Gasteiger partial charge in [-0.25, -0.2) is 15.0 Å². The lowest BCUT2D eigenvalue weighted by Gasteiger charge is -2.54. The monoisotopic (exact) mass is 863 g/mol. The van der Waals surface area contributed by atoms with E-state index in [0.717, 1.165) is 33.5 Å². The van der Waals surface area contributed by atoms with Crippen molar-refractivity contribution in [1.82, 2.24) is 24.1 Å². The smallest absolute Gasteiger partial charge is 0.164 e. The van der Waals surface area contributed by atoms with Gasteiger partial charge >= 0.3 is 0 Å². The Kier molecular flexibility index (Phi) is 6.89. The number of aromatic nitrogens is 5. The quantitative estimate of drug-likeness (QED) is 0.173. The number of hydrogen-bond donors (Lipinski definition) is 0. The lowest BCUT2D eigenvalue weighted by molar-refractivity contribution is 0.447. The van der Waals surface area contributed by atoms with Crippen LogP contribution in [-0.2, 0) is 10.8 Å². The molecular formula is C63H37N5. The molecule has 0 N–H and O–H groups in total. The molecule has 0 saturated carbocycles. The summed E-state index contributed by atoms with van der Waals surface area (Å²) in [6.07, 6.45) is 0. The van der Waals surface area contributed by atoms with Crippen molar-refractivity contribution in [3.63, 3.8) is 0 Å². The number of para-hydroxylation sites is 2. The topological polar surface area (TPSA) is 48.5 Å². The highest BCUT2D eigenvalue weighted by molar-refractivity contribution is 6.24. The summed E-state index contributed by atoms with van der Waals surface area (Å²) in [6, 6.07) is 82.5. The van der Waals surface area contributed by atoms with E-state index >= 15 is 0 Å². The van der Waals surface area contributed by atoms with Crippen LogP contribution in [0.25, 0.3) is 99.9 Å². The molecule has 0 aliphatic heterocycles. The maximum atomic E-state index is 5.33. The minimum Gasteiger partial charge on any atom is -0.309 e. The van der Waals surface area contributed by atoms with Gasteiger partial charge < -0.3 is 9.13 Å². The molecule has 3 heterocycles. The predicted molar refractivity (Wildman–Crippen MR) is 275 cm³/mol. The minimum atomic E-state index is -0.676. The highest BCUT2D eigenvalue weighted by Gasteiger charge is 2.67. The Hall–Kier alpha value is -8.93. The molecule has 0 bridgehead atoms. The highest BCUT2D eigenvalue weighted by atomic mass is 15.0. The van der Waals surface area contributed by atoms with Gasteiger partial charge in [0.1, 0.15) is 0 Å². The van der Waals surface area contributed by atoms with Crippen LogP contribution in [0.5, 0.6) is 0 Å². The van der Waals surface area contributed by atoms with E-state index in [4.69, 9.17) is 15.0 Å². The fraction of sp³-hybridized carbons (Fsp3) is 0.0317. The van der Waals surface area contributed by atoms with Gasteiger partial charge in [-0.2, -0.15) is 0 Å². The maximum Gasteiger partial charge on any atom is 0.164 e. The van der Waals surface area contributed by atoms with Crippen LogP contribution >= 0.6 is 0 Å². The Bertz CT molecular complexity index is 3940. The normalized spacial score (nSPS) is 17.2. The summed E-state index contributed by atoms with van der Waals surface area (Å²) in [7, 11) is 0. The van der Waals surface area contributed by atoms with Crippen LogP contribution in [0.3, 0.4) is 0 Å². The summed E-state index contributed by atoms with van der Waals surface area (Å²) in [5.74, 6) is 1.96. The highest BCUT2D eigenvalue weighted by Crippen LogP contribution is 2.74. The Labute approximate surface area is 390 Å². The molecule has 10 aromatic carbocycles. The molecule has 16 rings (SSSR count). The van der Waals surface area contributed by atoms with E-state index < -0.39 is 10.8 Å². The van der Waals surface area contributed by atoms with Crippen molar-refractivity contribution in [2.24, 2.45) is 0 Å². The average molecular weight is 864 g/mol. The van der Waals surface area contributed by atoms with Gasteiger partial charge in [-0.3, -0.25) is 0 Å². The second-order valence-electron chi connectivity index (χ2n) is 18.6. The molecule has 0 saturated heterocycles. The zero-order valence-corrected chi connectivity index (χ0v) is 36.6. The van der Waals surface area contributed by atoms with Gasteiger partial charge in [-0.05, 0) is 92.7 Å². The van der Waals surface area contributed by atoms with E-state index in [9.17, 15) is 0 Å². The van der Waals surface area contributed by atoms with Crippen LogP contribution in [-0.4, -0.2) is 24.1 Å². The molecule has 3 aliphatic carbocycles. The molecule has 0 amide bonds. The zero-order chi connectivity index (χ0) is 44.3. The molecule has 314 valence electrons. The van der Waals surface area contributed by atoms with Gasteiger partial charge in [0.05, 0.1) is 32.9 Å². The molecule has 5 heteroatoms.